The van der Waals surface area contributed by atoms with Crippen LogP contribution in [0, 0.1) is 6.92 Å². The topological polar surface area (TPSA) is 76.5 Å². The highest BCUT2D eigenvalue weighted by molar-refractivity contribution is 5.96. The van der Waals surface area contributed by atoms with Crippen LogP contribution in [0.1, 0.15) is 66.7 Å². The van der Waals surface area contributed by atoms with E-state index in [1.165, 1.54) is 12.8 Å². The van der Waals surface area contributed by atoms with Crippen molar-refractivity contribution in [3.05, 3.63) is 47.3 Å². The first kappa shape index (κ1) is 21.4. The monoisotopic (exact) mass is 424 g/mol. The van der Waals surface area contributed by atoms with Crippen molar-refractivity contribution in [1.29, 1.82) is 0 Å². The van der Waals surface area contributed by atoms with E-state index in [4.69, 9.17) is 4.74 Å². The van der Waals surface area contributed by atoms with Crippen LogP contribution in [-0.4, -0.2) is 45.2 Å². The molecule has 1 N–H and O–H groups in total. The molecule has 0 spiro atoms. The molecule has 1 saturated carbocycles. The lowest BCUT2D eigenvalue weighted by molar-refractivity contribution is -0.125. The van der Waals surface area contributed by atoms with Gasteiger partial charge in [0.2, 0.25) is 5.91 Å². The van der Waals surface area contributed by atoms with Crippen molar-refractivity contribution in [2.24, 2.45) is 7.05 Å². The van der Waals surface area contributed by atoms with Gasteiger partial charge in [0.05, 0.1) is 11.8 Å². The van der Waals surface area contributed by atoms with Gasteiger partial charge in [0.25, 0.3) is 5.91 Å². The lowest BCUT2D eigenvalue weighted by Crippen LogP contribution is -2.48. The van der Waals surface area contributed by atoms with Gasteiger partial charge in [-0.1, -0.05) is 12.1 Å². The summed E-state index contributed by atoms with van der Waals surface area (Å²) < 4.78 is 7.75. The van der Waals surface area contributed by atoms with Crippen molar-refractivity contribution in [1.82, 2.24) is 20.0 Å². The lowest BCUT2D eigenvalue weighted by atomic mass is 10.1. The van der Waals surface area contributed by atoms with Crippen LogP contribution in [0.15, 0.2) is 30.3 Å². The number of nitrogens with zero attached hydrogens (tertiary/aromatic N) is 3. The number of benzene rings is 1. The molecule has 31 heavy (non-hydrogen) atoms. The lowest BCUT2D eigenvalue weighted by Gasteiger charge is -2.30. The fourth-order valence-corrected chi connectivity index (χ4v) is 4.61. The summed E-state index contributed by atoms with van der Waals surface area (Å²) in [5.74, 6) is 0.578. The number of hydrogen-bond acceptors (Lipinski definition) is 4. The number of amides is 2. The van der Waals surface area contributed by atoms with E-state index in [1.807, 2.05) is 31.2 Å². The highest BCUT2D eigenvalue weighted by Gasteiger charge is 2.33. The molecule has 166 valence electrons. The van der Waals surface area contributed by atoms with E-state index in [0.717, 1.165) is 42.7 Å². The van der Waals surface area contributed by atoms with Crippen molar-refractivity contribution < 1.29 is 14.3 Å². The van der Waals surface area contributed by atoms with Crippen molar-refractivity contribution in [2.45, 2.75) is 70.6 Å². The quantitative estimate of drug-likeness (QED) is 0.771. The molecule has 4 rings (SSSR count). The summed E-state index contributed by atoms with van der Waals surface area (Å²) in [6.45, 7) is 2.87. The maximum atomic E-state index is 13.6. The minimum Gasteiger partial charge on any atom is -0.490 e. The zero-order valence-corrected chi connectivity index (χ0v) is 18.5. The molecular weight excluding hydrogens is 392 g/mol. The predicted molar refractivity (Wildman–Crippen MR) is 118 cm³/mol. The number of carbonyl (C=O) groups excluding carboxylic acids is 2. The van der Waals surface area contributed by atoms with Gasteiger partial charge in [-0.25, -0.2) is 0 Å². The van der Waals surface area contributed by atoms with E-state index in [2.05, 4.69) is 10.4 Å². The van der Waals surface area contributed by atoms with Gasteiger partial charge in [-0.15, -0.1) is 0 Å². The standard InChI is InChI=1S/C24H32N4O3/c1-17-14-22(27(2)26-17)24(30)28(21-12-5-6-13-25-23(21)29)16-18-8-7-11-20(15-18)31-19-9-3-4-10-19/h7-8,11,14-15,19,21H,3-6,9-10,12-13,16H2,1-2H3,(H,25,29)/t21-/m0/s1. The summed E-state index contributed by atoms with van der Waals surface area (Å²) in [6.07, 6.45) is 7.39. The van der Waals surface area contributed by atoms with E-state index in [9.17, 15) is 9.59 Å². The molecule has 2 aromatic rings. The van der Waals surface area contributed by atoms with E-state index in [-0.39, 0.29) is 17.9 Å². The largest absolute Gasteiger partial charge is 0.490 e. The predicted octanol–water partition coefficient (Wildman–Crippen LogP) is 3.36. The summed E-state index contributed by atoms with van der Waals surface area (Å²) in [6, 6.07) is 9.21. The summed E-state index contributed by atoms with van der Waals surface area (Å²) in [4.78, 5) is 28.1. The second kappa shape index (κ2) is 9.54. The Balaban J connectivity index is 1.60. The van der Waals surface area contributed by atoms with Crippen LogP contribution >= 0.6 is 0 Å². The van der Waals surface area contributed by atoms with Crippen LogP contribution in [0.4, 0.5) is 0 Å². The Kier molecular flexibility index (Phi) is 6.59. The molecule has 1 aromatic carbocycles. The van der Waals surface area contributed by atoms with E-state index in [1.54, 1.807) is 22.7 Å². The van der Waals surface area contributed by atoms with Gasteiger partial charge in [0.15, 0.2) is 0 Å². The van der Waals surface area contributed by atoms with E-state index < -0.39 is 6.04 Å². The zero-order chi connectivity index (χ0) is 21.8. The number of nitrogens with one attached hydrogen (secondary N) is 1. The first-order valence-electron chi connectivity index (χ1n) is 11.4. The zero-order valence-electron chi connectivity index (χ0n) is 18.5. The summed E-state index contributed by atoms with van der Waals surface area (Å²) >= 11 is 0. The summed E-state index contributed by atoms with van der Waals surface area (Å²) in [5, 5.41) is 7.29. The van der Waals surface area contributed by atoms with Crippen LogP contribution in [-0.2, 0) is 18.4 Å². The van der Waals surface area contributed by atoms with Gasteiger partial charge >= 0.3 is 0 Å². The molecule has 2 amide bonds. The SMILES string of the molecule is Cc1cc(C(=O)N(Cc2cccc(OC3CCCC3)c2)[C@H]2CCCCNC2=O)n(C)n1. The van der Waals surface area contributed by atoms with Gasteiger partial charge in [-0.2, -0.15) is 5.10 Å². The Morgan fingerprint density at radius 3 is 2.71 bits per heavy atom. The molecule has 2 aliphatic rings. The van der Waals surface area contributed by atoms with Crippen molar-refractivity contribution >= 4 is 11.8 Å². The maximum Gasteiger partial charge on any atom is 0.273 e. The second-order valence-electron chi connectivity index (χ2n) is 8.70. The van der Waals surface area contributed by atoms with Crippen molar-refractivity contribution in [3.63, 3.8) is 0 Å². The number of aryl methyl sites for hydroxylation is 2. The van der Waals surface area contributed by atoms with Crippen LogP contribution in [0.3, 0.4) is 0 Å². The molecule has 0 radical (unpaired) electrons. The molecule has 0 bridgehead atoms. The van der Waals surface area contributed by atoms with E-state index in [0.29, 0.717) is 25.2 Å². The molecule has 1 saturated heterocycles. The van der Waals surface area contributed by atoms with E-state index >= 15 is 0 Å². The minimum absolute atomic E-state index is 0.0805. The molecular formula is C24H32N4O3. The van der Waals surface area contributed by atoms with Crippen LogP contribution in [0.2, 0.25) is 0 Å². The second-order valence-corrected chi connectivity index (χ2v) is 8.70. The maximum absolute atomic E-state index is 13.6. The molecule has 7 nitrogen and oxygen atoms in total. The summed E-state index contributed by atoms with van der Waals surface area (Å²) in [7, 11) is 1.77. The molecule has 7 heteroatoms. The third-order valence-electron chi connectivity index (χ3n) is 6.22. The van der Waals surface area contributed by atoms with Crippen LogP contribution < -0.4 is 10.1 Å². The minimum atomic E-state index is -0.496. The first-order valence-corrected chi connectivity index (χ1v) is 11.4. The molecule has 0 unspecified atom stereocenters. The highest BCUT2D eigenvalue weighted by Crippen LogP contribution is 2.26. The smallest absolute Gasteiger partial charge is 0.273 e. The summed E-state index contributed by atoms with van der Waals surface area (Å²) in [5.41, 5.74) is 2.23. The average Bonchev–Trinajstić information content (AvgIpc) is 3.31. The molecule has 1 aliphatic heterocycles. The first-order chi connectivity index (χ1) is 15.0. The van der Waals surface area contributed by atoms with Crippen molar-refractivity contribution in [2.75, 3.05) is 6.54 Å². The van der Waals surface area contributed by atoms with Gasteiger partial charge in [0.1, 0.15) is 17.5 Å². The fourth-order valence-electron chi connectivity index (χ4n) is 4.61. The molecule has 2 fully saturated rings. The number of ether oxygens (including phenoxy) is 1. The van der Waals surface area contributed by atoms with Gasteiger partial charge in [-0.3, -0.25) is 14.3 Å². The Bertz CT molecular complexity index is 933. The molecule has 1 atom stereocenters. The van der Waals surface area contributed by atoms with Crippen LogP contribution in [0.5, 0.6) is 5.75 Å². The number of carbonyl (C=O) groups is 2. The third-order valence-corrected chi connectivity index (χ3v) is 6.22. The molecule has 2 heterocycles. The third kappa shape index (κ3) is 5.09. The number of aromatic nitrogens is 2. The Labute approximate surface area is 183 Å². The normalized spacial score (nSPS) is 19.7. The molecule has 1 aromatic heterocycles. The van der Waals surface area contributed by atoms with Gasteiger partial charge in [-0.05, 0) is 75.6 Å². The Hall–Kier alpha value is -2.83. The average molecular weight is 425 g/mol. The fraction of sp³-hybridized carbons (Fsp3) is 0.542. The number of rotatable bonds is 6. The number of hydrogen-bond donors (Lipinski definition) is 1. The van der Waals surface area contributed by atoms with Crippen molar-refractivity contribution in [3.8, 4) is 5.75 Å². The Morgan fingerprint density at radius 2 is 1.97 bits per heavy atom. The molecule has 1 aliphatic carbocycles. The van der Waals surface area contributed by atoms with Gasteiger partial charge in [0, 0.05) is 20.1 Å². The van der Waals surface area contributed by atoms with Gasteiger partial charge < -0.3 is 15.0 Å². The Morgan fingerprint density at radius 1 is 1.19 bits per heavy atom. The van der Waals surface area contributed by atoms with Crippen LogP contribution in [0.25, 0.3) is 0 Å². The highest BCUT2D eigenvalue weighted by atomic mass is 16.5.